The molecule has 2 N–H and O–H groups in total. The van der Waals surface area contributed by atoms with Gasteiger partial charge in [0.2, 0.25) is 15.9 Å². The maximum atomic E-state index is 12.4. The standard InChI is InChI=1S/C17H19N3O6S2/c1-11(27-14-7-5-13(6-8-14)20(22)23)17(21)18-12-4-9-15(16(10-12)26-2)19-28(3,24)25/h4-11,19H,1-3H3,(H,18,21). The Morgan fingerprint density at radius 3 is 2.39 bits per heavy atom. The van der Waals surface area contributed by atoms with Crippen LogP contribution >= 0.6 is 11.8 Å². The summed E-state index contributed by atoms with van der Waals surface area (Å²) in [5, 5.41) is 12.9. The van der Waals surface area contributed by atoms with Crippen LogP contribution in [-0.4, -0.2) is 37.9 Å². The molecule has 9 nitrogen and oxygen atoms in total. The number of nitro benzene ring substituents is 1. The molecule has 0 saturated carbocycles. The molecule has 0 heterocycles. The molecule has 0 aliphatic carbocycles. The van der Waals surface area contributed by atoms with E-state index in [0.717, 1.165) is 11.2 Å². The number of carbonyl (C=O) groups is 1. The molecule has 1 unspecified atom stereocenters. The van der Waals surface area contributed by atoms with Gasteiger partial charge in [0.05, 0.1) is 29.2 Å². The Hall–Kier alpha value is -2.79. The molecule has 11 heteroatoms. The number of hydrogen-bond acceptors (Lipinski definition) is 7. The van der Waals surface area contributed by atoms with E-state index in [0.29, 0.717) is 5.69 Å². The van der Waals surface area contributed by atoms with Crippen LogP contribution in [0.1, 0.15) is 6.92 Å². The summed E-state index contributed by atoms with van der Waals surface area (Å²) < 4.78 is 30.2. The van der Waals surface area contributed by atoms with Crippen molar-refractivity contribution in [1.82, 2.24) is 0 Å². The molecule has 1 atom stereocenters. The van der Waals surface area contributed by atoms with Gasteiger partial charge in [-0.2, -0.15) is 0 Å². The lowest BCUT2D eigenvalue weighted by atomic mass is 10.2. The maximum Gasteiger partial charge on any atom is 0.269 e. The minimum Gasteiger partial charge on any atom is -0.494 e. The molecule has 0 aromatic heterocycles. The van der Waals surface area contributed by atoms with Gasteiger partial charge in [-0.25, -0.2) is 8.42 Å². The lowest BCUT2D eigenvalue weighted by Crippen LogP contribution is -2.22. The van der Waals surface area contributed by atoms with Crippen molar-refractivity contribution < 1.29 is 22.9 Å². The van der Waals surface area contributed by atoms with Gasteiger partial charge in [-0.15, -0.1) is 11.8 Å². The number of carbonyl (C=O) groups excluding carboxylic acids is 1. The fourth-order valence-electron chi connectivity index (χ4n) is 2.20. The number of methoxy groups -OCH3 is 1. The number of nitrogens with zero attached hydrogens (tertiary/aromatic N) is 1. The molecule has 2 rings (SSSR count). The number of amides is 1. The zero-order valence-electron chi connectivity index (χ0n) is 15.3. The molecule has 2 aromatic rings. The molecule has 0 aliphatic rings. The lowest BCUT2D eigenvalue weighted by Gasteiger charge is -2.14. The second kappa shape index (κ2) is 8.93. The topological polar surface area (TPSA) is 128 Å². The van der Waals surface area contributed by atoms with E-state index < -0.39 is 20.2 Å². The van der Waals surface area contributed by atoms with Crippen molar-refractivity contribution in [2.75, 3.05) is 23.4 Å². The molecular formula is C17H19N3O6S2. The summed E-state index contributed by atoms with van der Waals surface area (Å²) >= 11 is 1.25. The van der Waals surface area contributed by atoms with Gasteiger partial charge in [-0.3, -0.25) is 19.6 Å². The van der Waals surface area contributed by atoms with Gasteiger partial charge >= 0.3 is 0 Å². The zero-order valence-corrected chi connectivity index (χ0v) is 17.0. The van der Waals surface area contributed by atoms with Gasteiger partial charge in [0.25, 0.3) is 5.69 Å². The number of anilines is 2. The van der Waals surface area contributed by atoms with Crippen molar-refractivity contribution in [2.45, 2.75) is 17.1 Å². The molecule has 150 valence electrons. The molecule has 0 saturated heterocycles. The fraction of sp³-hybridized carbons (Fsp3) is 0.235. The first-order valence-electron chi connectivity index (χ1n) is 7.97. The molecular weight excluding hydrogens is 406 g/mol. The molecule has 2 aromatic carbocycles. The molecule has 0 radical (unpaired) electrons. The van der Waals surface area contributed by atoms with Gasteiger partial charge in [0, 0.05) is 28.8 Å². The Balaban J connectivity index is 2.05. The third-order valence-electron chi connectivity index (χ3n) is 3.49. The number of sulfonamides is 1. The normalized spacial score (nSPS) is 12.1. The van der Waals surface area contributed by atoms with Crippen molar-refractivity contribution in [1.29, 1.82) is 0 Å². The second-order valence-corrected chi connectivity index (χ2v) is 8.95. The fourth-order valence-corrected chi connectivity index (χ4v) is 3.64. The van der Waals surface area contributed by atoms with E-state index in [2.05, 4.69) is 10.0 Å². The monoisotopic (exact) mass is 425 g/mol. The number of non-ortho nitro benzene ring substituents is 1. The van der Waals surface area contributed by atoms with E-state index in [-0.39, 0.29) is 23.0 Å². The van der Waals surface area contributed by atoms with Crippen LogP contribution < -0.4 is 14.8 Å². The molecule has 0 aliphatic heterocycles. The van der Waals surface area contributed by atoms with Crippen LogP contribution in [0.2, 0.25) is 0 Å². The van der Waals surface area contributed by atoms with Crippen molar-refractivity contribution in [3.05, 3.63) is 52.6 Å². The van der Waals surface area contributed by atoms with Crippen LogP contribution in [0.25, 0.3) is 0 Å². The summed E-state index contributed by atoms with van der Waals surface area (Å²) in [5.41, 5.74) is 0.685. The van der Waals surface area contributed by atoms with Crippen LogP contribution in [0.5, 0.6) is 5.75 Å². The quantitative estimate of drug-likeness (QED) is 0.378. The van der Waals surface area contributed by atoms with Crippen molar-refractivity contribution in [2.24, 2.45) is 0 Å². The highest BCUT2D eigenvalue weighted by Crippen LogP contribution is 2.30. The third kappa shape index (κ3) is 6.13. The number of ether oxygens (including phenoxy) is 1. The number of rotatable bonds is 8. The molecule has 0 spiro atoms. The highest BCUT2D eigenvalue weighted by Gasteiger charge is 2.17. The predicted octanol–water partition coefficient (Wildman–Crippen LogP) is 3.09. The van der Waals surface area contributed by atoms with Gasteiger partial charge in [0.15, 0.2) is 0 Å². The number of benzene rings is 2. The Morgan fingerprint density at radius 2 is 1.86 bits per heavy atom. The second-order valence-electron chi connectivity index (χ2n) is 5.79. The van der Waals surface area contributed by atoms with Crippen molar-refractivity contribution in [3.63, 3.8) is 0 Å². The van der Waals surface area contributed by atoms with Crippen LogP contribution in [0.3, 0.4) is 0 Å². The Bertz CT molecular complexity index is 977. The Morgan fingerprint density at radius 1 is 1.21 bits per heavy atom. The Labute approximate surface area is 166 Å². The summed E-state index contributed by atoms with van der Waals surface area (Å²) in [6.45, 7) is 1.71. The SMILES string of the molecule is COc1cc(NC(=O)C(C)Sc2ccc([N+](=O)[O-])cc2)ccc1NS(C)(=O)=O. The molecule has 0 bridgehead atoms. The molecule has 28 heavy (non-hydrogen) atoms. The third-order valence-corrected chi connectivity index (χ3v) is 5.20. The first-order chi connectivity index (χ1) is 13.1. The average Bonchev–Trinajstić information content (AvgIpc) is 2.62. The summed E-state index contributed by atoms with van der Waals surface area (Å²) in [6.07, 6.45) is 1.03. The smallest absolute Gasteiger partial charge is 0.269 e. The van der Waals surface area contributed by atoms with Gasteiger partial charge < -0.3 is 10.1 Å². The maximum absolute atomic E-state index is 12.4. The summed E-state index contributed by atoms with van der Waals surface area (Å²) in [5.74, 6) is -0.0203. The van der Waals surface area contributed by atoms with Gasteiger partial charge in [-0.1, -0.05) is 0 Å². The zero-order chi connectivity index (χ0) is 20.9. The van der Waals surface area contributed by atoms with Crippen molar-refractivity contribution in [3.8, 4) is 5.75 Å². The van der Waals surface area contributed by atoms with E-state index in [1.807, 2.05) is 0 Å². The van der Waals surface area contributed by atoms with Crippen LogP contribution in [0.15, 0.2) is 47.4 Å². The first-order valence-corrected chi connectivity index (χ1v) is 10.7. The van der Waals surface area contributed by atoms with Crippen LogP contribution in [0, 0.1) is 10.1 Å². The first kappa shape index (κ1) is 21.5. The van der Waals surface area contributed by atoms with Crippen LogP contribution in [0.4, 0.5) is 17.1 Å². The molecule has 1 amide bonds. The summed E-state index contributed by atoms with van der Waals surface area (Å²) in [6, 6.07) is 10.5. The highest BCUT2D eigenvalue weighted by molar-refractivity contribution is 8.00. The highest BCUT2D eigenvalue weighted by atomic mass is 32.2. The van der Waals surface area contributed by atoms with E-state index in [9.17, 15) is 23.3 Å². The molecule has 0 fully saturated rings. The van der Waals surface area contributed by atoms with Gasteiger partial charge in [0.1, 0.15) is 5.75 Å². The summed E-state index contributed by atoms with van der Waals surface area (Å²) in [7, 11) is -2.07. The number of thioether (sulfide) groups is 1. The van der Waals surface area contributed by atoms with E-state index in [1.54, 1.807) is 25.1 Å². The Kier molecular flexibility index (Phi) is 6.86. The van der Waals surface area contributed by atoms with E-state index in [1.165, 1.54) is 43.1 Å². The lowest BCUT2D eigenvalue weighted by molar-refractivity contribution is -0.384. The number of nitro groups is 1. The number of nitrogens with one attached hydrogen (secondary N) is 2. The van der Waals surface area contributed by atoms with E-state index >= 15 is 0 Å². The van der Waals surface area contributed by atoms with Crippen LogP contribution in [-0.2, 0) is 14.8 Å². The largest absolute Gasteiger partial charge is 0.494 e. The average molecular weight is 425 g/mol. The minimum atomic E-state index is -3.47. The van der Waals surface area contributed by atoms with Gasteiger partial charge in [-0.05, 0) is 31.2 Å². The summed E-state index contributed by atoms with van der Waals surface area (Å²) in [4.78, 5) is 23.3. The van der Waals surface area contributed by atoms with E-state index in [4.69, 9.17) is 4.74 Å². The minimum absolute atomic E-state index is 0.0173. The predicted molar refractivity (Wildman–Crippen MR) is 109 cm³/mol. The van der Waals surface area contributed by atoms with Crippen molar-refractivity contribution >= 4 is 44.8 Å². The number of hydrogen-bond donors (Lipinski definition) is 2.